The average molecular weight is 421 g/mol. The van der Waals surface area contributed by atoms with E-state index in [0.717, 1.165) is 74.9 Å². The molecule has 0 spiro atoms. The van der Waals surface area contributed by atoms with E-state index in [0.29, 0.717) is 0 Å². The second kappa shape index (κ2) is 12.1. The Morgan fingerprint density at radius 3 is 2.66 bits per heavy atom. The second-order valence-electron chi connectivity index (χ2n) is 7.50. The summed E-state index contributed by atoms with van der Waals surface area (Å²) in [5, 5.41) is 6.79. The summed E-state index contributed by atoms with van der Waals surface area (Å²) < 4.78 is 5.75. The van der Waals surface area contributed by atoms with Gasteiger partial charge in [-0.25, -0.2) is 0 Å². The lowest BCUT2D eigenvalue weighted by Crippen LogP contribution is -2.41. The van der Waals surface area contributed by atoms with E-state index in [-0.39, 0.29) is 10.7 Å². The molecule has 162 valence electrons. The monoisotopic (exact) mass is 420 g/mol. The van der Waals surface area contributed by atoms with Crippen LogP contribution in [0, 0.1) is 0 Å². The molecular weight excluding hydrogens is 384 g/mol. The number of nitrogens with zero attached hydrogens (tertiary/aromatic N) is 2. The molecule has 7 heteroatoms. The minimum absolute atomic E-state index is 0.0323. The van der Waals surface area contributed by atoms with E-state index in [1.807, 2.05) is 30.0 Å². The molecule has 0 aliphatic carbocycles. The Hall–Kier alpha value is -1.73. The van der Waals surface area contributed by atoms with Gasteiger partial charge >= 0.3 is 0 Å². The van der Waals surface area contributed by atoms with Gasteiger partial charge in [0.15, 0.2) is 5.96 Å². The molecule has 1 saturated heterocycles. The number of carbonyl (C=O) groups is 1. The quantitative estimate of drug-likeness (QED) is 0.475. The number of ether oxygens (including phenoxy) is 1. The van der Waals surface area contributed by atoms with Crippen LogP contribution in [-0.4, -0.2) is 74.2 Å². The van der Waals surface area contributed by atoms with Gasteiger partial charge in [0.1, 0.15) is 0 Å². The zero-order chi connectivity index (χ0) is 21.1. The van der Waals surface area contributed by atoms with Crippen molar-refractivity contribution in [3.8, 4) is 0 Å². The molecule has 0 aromatic heterocycles. The van der Waals surface area contributed by atoms with Crippen molar-refractivity contribution in [2.24, 2.45) is 4.99 Å². The van der Waals surface area contributed by atoms with E-state index in [9.17, 15) is 4.79 Å². The molecule has 29 heavy (non-hydrogen) atoms. The van der Waals surface area contributed by atoms with Gasteiger partial charge in [-0.05, 0) is 49.6 Å². The highest BCUT2D eigenvalue weighted by atomic mass is 32.2. The first kappa shape index (κ1) is 23.5. The molecule has 1 fully saturated rings. The van der Waals surface area contributed by atoms with Gasteiger partial charge in [-0.2, -0.15) is 11.8 Å². The smallest absolute Gasteiger partial charge is 0.253 e. The van der Waals surface area contributed by atoms with Gasteiger partial charge in [0, 0.05) is 50.7 Å². The molecule has 0 unspecified atom stereocenters. The average Bonchev–Trinajstić information content (AvgIpc) is 2.72. The Labute approximate surface area is 179 Å². The van der Waals surface area contributed by atoms with E-state index >= 15 is 0 Å². The Morgan fingerprint density at radius 1 is 1.24 bits per heavy atom. The predicted molar refractivity (Wildman–Crippen MR) is 123 cm³/mol. The molecule has 1 heterocycles. The number of guanidine groups is 1. The van der Waals surface area contributed by atoms with E-state index in [2.05, 4.69) is 30.5 Å². The molecule has 6 nitrogen and oxygen atoms in total. The summed E-state index contributed by atoms with van der Waals surface area (Å²) in [5.41, 5.74) is 1.87. The number of carbonyl (C=O) groups excluding carboxylic acids is 1. The molecule has 1 aliphatic heterocycles. The third-order valence-corrected chi connectivity index (χ3v) is 6.45. The minimum atomic E-state index is 0.0323. The third kappa shape index (κ3) is 7.55. The van der Waals surface area contributed by atoms with Crippen LogP contribution in [-0.2, 0) is 11.2 Å². The number of hydrogen-bond donors (Lipinski definition) is 2. The van der Waals surface area contributed by atoms with Gasteiger partial charge < -0.3 is 20.3 Å². The van der Waals surface area contributed by atoms with Crippen molar-refractivity contribution in [1.29, 1.82) is 0 Å². The lowest BCUT2D eigenvalue weighted by molar-refractivity contribution is 0.0793. The standard InChI is InChI=1S/C22H36N4O2S/c1-5-23-21(25-17-22(29-6-2)11-14-28-15-12-22)24-13-10-18-8-7-9-19(16-18)20(27)26(3)4/h7-9,16H,5-6,10-15,17H2,1-4H3,(H2,23,24,25). The summed E-state index contributed by atoms with van der Waals surface area (Å²) in [6, 6.07) is 7.85. The lowest BCUT2D eigenvalue weighted by atomic mass is 9.99. The molecule has 1 amide bonds. The first-order valence-electron chi connectivity index (χ1n) is 10.5. The molecule has 0 atom stereocenters. The van der Waals surface area contributed by atoms with E-state index in [1.165, 1.54) is 0 Å². The van der Waals surface area contributed by atoms with Crippen molar-refractivity contribution >= 4 is 23.6 Å². The molecular formula is C22H36N4O2S. The van der Waals surface area contributed by atoms with Crippen LogP contribution in [0.5, 0.6) is 0 Å². The maximum atomic E-state index is 12.2. The number of rotatable bonds is 9. The topological polar surface area (TPSA) is 66.0 Å². The number of aliphatic imine (C=N–C) groups is 1. The first-order chi connectivity index (χ1) is 14.0. The molecule has 1 aliphatic rings. The van der Waals surface area contributed by atoms with E-state index in [1.54, 1.807) is 19.0 Å². The summed E-state index contributed by atoms with van der Waals surface area (Å²) >= 11 is 2.01. The molecule has 2 N–H and O–H groups in total. The van der Waals surface area contributed by atoms with E-state index < -0.39 is 0 Å². The van der Waals surface area contributed by atoms with Gasteiger partial charge in [0.05, 0.1) is 6.54 Å². The van der Waals surface area contributed by atoms with Crippen molar-refractivity contribution in [3.63, 3.8) is 0 Å². The molecule has 1 aromatic carbocycles. The normalized spacial score (nSPS) is 16.3. The van der Waals surface area contributed by atoms with Crippen molar-refractivity contribution in [1.82, 2.24) is 15.5 Å². The van der Waals surface area contributed by atoms with Crippen molar-refractivity contribution in [2.75, 3.05) is 52.7 Å². The van der Waals surface area contributed by atoms with Crippen LogP contribution in [0.25, 0.3) is 0 Å². The molecule has 0 saturated carbocycles. The van der Waals surface area contributed by atoms with Crippen molar-refractivity contribution in [3.05, 3.63) is 35.4 Å². The minimum Gasteiger partial charge on any atom is -0.381 e. The van der Waals surface area contributed by atoms with Gasteiger partial charge in [-0.3, -0.25) is 9.79 Å². The van der Waals surface area contributed by atoms with Crippen LogP contribution in [0.2, 0.25) is 0 Å². The van der Waals surface area contributed by atoms with E-state index in [4.69, 9.17) is 9.73 Å². The van der Waals surface area contributed by atoms with Crippen molar-refractivity contribution in [2.45, 2.75) is 37.9 Å². The van der Waals surface area contributed by atoms with Crippen LogP contribution in [0.4, 0.5) is 0 Å². The number of hydrogen-bond acceptors (Lipinski definition) is 4. The largest absolute Gasteiger partial charge is 0.381 e. The SMILES string of the molecule is CCNC(=NCC1(SCC)CCOCC1)NCCc1cccc(C(=O)N(C)C)c1. The molecule has 1 aromatic rings. The summed E-state index contributed by atoms with van der Waals surface area (Å²) in [4.78, 5) is 18.6. The van der Waals surface area contributed by atoms with Crippen LogP contribution in [0.3, 0.4) is 0 Å². The van der Waals surface area contributed by atoms with Crippen LogP contribution >= 0.6 is 11.8 Å². The van der Waals surface area contributed by atoms with Gasteiger partial charge in [0.2, 0.25) is 0 Å². The highest BCUT2D eigenvalue weighted by molar-refractivity contribution is 8.00. The fraction of sp³-hybridized carbons (Fsp3) is 0.636. The zero-order valence-electron chi connectivity index (χ0n) is 18.3. The number of thioether (sulfide) groups is 1. The Morgan fingerprint density at radius 2 is 2.00 bits per heavy atom. The fourth-order valence-corrected chi connectivity index (χ4v) is 4.63. The lowest BCUT2D eigenvalue weighted by Gasteiger charge is -2.35. The number of benzene rings is 1. The summed E-state index contributed by atoms with van der Waals surface area (Å²) in [7, 11) is 3.55. The molecule has 0 radical (unpaired) electrons. The maximum absolute atomic E-state index is 12.2. The molecule has 0 bridgehead atoms. The first-order valence-corrected chi connectivity index (χ1v) is 11.5. The van der Waals surface area contributed by atoms with Crippen LogP contribution in [0.1, 0.15) is 42.6 Å². The summed E-state index contributed by atoms with van der Waals surface area (Å²) in [6.07, 6.45) is 2.95. The Bertz CT molecular complexity index is 667. The molecule has 2 rings (SSSR count). The van der Waals surface area contributed by atoms with Gasteiger partial charge in [-0.15, -0.1) is 0 Å². The Kier molecular flexibility index (Phi) is 9.81. The fourth-order valence-electron chi connectivity index (χ4n) is 3.41. The maximum Gasteiger partial charge on any atom is 0.253 e. The zero-order valence-corrected chi connectivity index (χ0v) is 19.1. The number of nitrogens with one attached hydrogen (secondary N) is 2. The second-order valence-corrected chi connectivity index (χ2v) is 9.23. The third-order valence-electron chi connectivity index (χ3n) is 5.01. The Balaban J connectivity index is 1.94. The van der Waals surface area contributed by atoms with Crippen molar-refractivity contribution < 1.29 is 9.53 Å². The number of amides is 1. The predicted octanol–water partition coefficient (Wildman–Crippen LogP) is 2.79. The highest BCUT2D eigenvalue weighted by Gasteiger charge is 2.32. The van der Waals surface area contributed by atoms with Gasteiger partial charge in [-0.1, -0.05) is 19.1 Å². The van der Waals surface area contributed by atoms with Crippen LogP contribution < -0.4 is 10.6 Å². The highest BCUT2D eigenvalue weighted by Crippen LogP contribution is 2.35. The van der Waals surface area contributed by atoms with Crippen LogP contribution in [0.15, 0.2) is 29.3 Å². The summed E-state index contributed by atoms with van der Waals surface area (Å²) in [6.45, 7) is 8.35. The summed E-state index contributed by atoms with van der Waals surface area (Å²) in [5.74, 6) is 1.99. The van der Waals surface area contributed by atoms with Gasteiger partial charge in [0.25, 0.3) is 5.91 Å².